The number of hydrogen-bond acceptors (Lipinski definition) is 3. The molecule has 0 aromatic rings. The number of ether oxygens (including phenoxy) is 1. The number of hydrogen-bond donors (Lipinski definition) is 1. The minimum Gasteiger partial charge on any atom is -0.481 e. The molecule has 4 nitrogen and oxygen atoms in total. The number of carbonyl (C=O) groups excluding carboxylic acids is 1. The second-order valence-corrected chi connectivity index (χ2v) is 11.1. The Morgan fingerprint density at radius 3 is 2.18 bits per heavy atom. The zero-order valence-electron chi connectivity index (χ0n) is 11.1. The van der Waals surface area contributed by atoms with Crippen molar-refractivity contribution in [2.45, 2.75) is 57.8 Å². The predicted molar refractivity (Wildman–Crippen MR) is 69.8 cm³/mol. The van der Waals surface area contributed by atoms with Gasteiger partial charge in [-0.1, -0.05) is 26.1 Å². The molecule has 0 amide bonds. The molecule has 0 aromatic carbocycles. The van der Waals surface area contributed by atoms with Crippen LogP contribution in [0, 0.1) is 0 Å². The lowest BCUT2D eigenvalue weighted by atomic mass is 10.1. The minimum atomic E-state index is -1.12. The van der Waals surface area contributed by atoms with Gasteiger partial charge in [-0.15, -0.1) is 0 Å². The van der Waals surface area contributed by atoms with Gasteiger partial charge in [0.05, 0.1) is 6.61 Å². The standard InChI is InChI=1S/C12H24O4Si/c1-17(2,3)10-9-16-12(15)8-6-4-5-7-11(13)14/h4-10H2,1-3H3,(H,13,14). The lowest BCUT2D eigenvalue weighted by Crippen LogP contribution is -2.22. The van der Waals surface area contributed by atoms with Crippen LogP contribution in [0.1, 0.15) is 32.1 Å². The summed E-state index contributed by atoms with van der Waals surface area (Å²) in [6.07, 6.45) is 2.72. The van der Waals surface area contributed by atoms with Gasteiger partial charge in [0, 0.05) is 20.9 Å². The molecule has 0 aliphatic rings. The van der Waals surface area contributed by atoms with E-state index in [0.717, 1.165) is 18.9 Å². The Labute approximate surface area is 104 Å². The first-order chi connectivity index (χ1) is 7.81. The largest absolute Gasteiger partial charge is 0.481 e. The fourth-order valence-electron chi connectivity index (χ4n) is 1.27. The van der Waals surface area contributed by atoms with E-state index >= 15 is 0 Å². The first kappa shape index (κ1) is 16.2. The Balaban J connectivity index is 3.38. The minimum absolute atomic E-state index is 0.154. The van der Waals surface area contributed by atoms with Gasteiger partial charge in [-0.05, 0) is 18.9 Å². The Hall–Kier alpha value is -0.843. The van der Waals surface area contributed by atoms with Crippen molar-refractivity contribution in [3.63, 3.8) is 0 Å². The van der Waals surface area contributed by atoms with E-state index in [2.05, 4.69) is 19.6 Å². The monoisotopic (exact) mass is 260 g/mol. The highest BCUT2D eigenvalue weighted by Crippen LogP contribution is 2.09. The summed E-state index contributed by atoms with van der Waals surface area (Å²) in [6, 6.07) is 0.998. The summed E-state index contributed by atoms with van der Waals surface area (Å²) in [7, 11) is -1.12. The molecule has 0 bridgehead atoms. The summed E-state index contributed by atoms with van der Waals surface area (Å²) in [5.74, 6) is -0.929. The smallest absolute Gasteiger partial charge is 0.305 e. The second-order valence-electron chi connectivity index (χ2n) is 5.49. The number of esters is 1. The van der Waals surface area contributed by atoms with Crippen molar-refractivity contribution in [3.8, 4) is 0 Å². The Bertz CT molecular complexity index is 245. The molecular weight excluding hydrogens is 236 g/mol. The van der Waals surface area contributed by atoms with E-state index < -0.39 is 14.0 Å². The second kappa shape index (κ2) is 8.28. The third-order valence-electron chi connectivity index (χ3n) is 2.39. The van der Waals surface area contributed by atoms with Crippen LogP contribution in [-0.2, 0) is 14.3 Å². The van der Waals surface area contributed by atoms with Gasteiger partial charge < -0.3 is 9.84 Å². The number of unbranched alkanes of at least 4 members (excludes halogenated alkanes) is 2. The molecule has 1 N–H and O–H groups in total. The molecule has 0 unspecified atom stereocenters. The first-order valence-electron chi connectivity index (χ1n) is 6.19. The van der Waals surface area contributed by atoms with E-state index in [1.54, 1.807) is 0 Å². The highest BCUT2D eigenvalue weighted by Gasteiger charge is 2.13. The van der Waals surface area contributed by atoms with Crippen molar-refractivity contribution in [3.05, 3.63) is 0 Å². The molecule has 17 heavy (non-hydrogen) atoms. The maximum atomic E-state index is 11.3. The fraction of sp³-hybridized carbons (Fsp3) is 0.833. The van der Waals surface area contributed by atoms with Crippen molar-refractivity contribution >= 4 is 20.0 Å². The van der Waals surface area contributed by atoms with Gasteiger partial charge in [0.15, 0.2) is 0 Å². The Morgan fingerprint density at radius 1 is 1.06 bits per heavy atom. The predicted octanol–water partition coefficient (Wildman–Crippen LogP) is 2.90. The SMILES string of the molecule is C[Si](C)(C)CCOC(=O)CCCCCC(=O)O. The molecule has 5 heteroatoms. The van der Waals surface area contributed by atoms with E-state index in [9.17, 15) is 9.59 Å². The summed E-state index contributed by atoms with van der Waals surface area (Å²) >= 11 is 0. The van der Waals surface area contributed by atoms with E-state index in [0.29, 0.717) is 19.4 Å². The molecule has 0 rings (SSSR count). The zero-order chi connectivity index (χ0) is 13.3. The van der Waals surface area contributed by atoms with Gasteiger partial charge in [0.25, 0.3) is 0 Å². The molecule has 0 aliphatic carbocycles. The van der Waals surface area contributed by atoms with E-state index in [1.165, 1.54) is 0 Å². The number of carbonyl (C=O) groups is 2. The van der Waals surface area contributed by atoms with Gasteiger partial charge in [-0.2, -0.15) is 0 Å². The van der Waals surface area contributed by atoms with Crippen LogP contribution in [0.2, 0.25) is 25.7 Å². The molecule has 0 aliphatic heterocycles. The van der Waals surface area contributed by atoms with Gasteiger partial charge in [0.1, 0.15) is 0 Å². The Kier molecular flexibility index (Phi) is 7.87. The summed E-state index contributed by atoms with van der Waals surface area (Å²) in [5, 5.41) is 8.43. The van der Waals surface area contributed by atoms with Crippen molar-refractivity contribution in [2.75, 3.05) is 6.61 Å². The van der Waals surface area contributed by atoms with Gasteiger partial charge in [0.2, 0.25) is 0 Å². The molecule has 0 fully saturated rings. The van der Waals surface area contributed by atoms with Crippen molar-refractivity contribution in [1.82, 2.24) is 0 Å². The van der Waals surface area contributed by atoms with Crippen LogP contribution >= 0.6 is 0 Å². The third-order valence-corrected chi connectivity index (χ3v) is 4.09. The molecule has 0 saturated carbocycles. The molecule has 0 heterocycles. The van der Waals surface area contributed by atoms with Crippen LogP contribution in [0.25, 0.3) is 0 Å². The lowest BCUT2D eigenvalue weighted by molar-refractivity contribution is -0.143. The summed E-state index contributed by atoms with van der Waals surface area (Å²) in [5.41, 5.74) is 0. The van der Waals surface area contributed by atoms with Crippen LogP contribution in [0.3, 0.4) is 0 Å². The number of rotatable bonds is 9. The van der Waals surface area contributed by atoms with E-state index in [4.69, 9.17) is 9.84 Å². The van der Waals surface area contributed by atoms with Crippen molar-refractivity contribution in [2.24, 2.45) is 0 Å². The number of carboxylic acids is 1. The van der Waals surface area contributed by atoms with Crippen LogP contribution < -0.4 is 0 Å². The lowest BCUT2D eigenvalue weighted by Gasteiger charge is -2.15. The van der Waals surface area contributed by atoms with Gasteiger partial charge >= 0.3 is 11.9 Å². The van der Waals surface area contributed by atoms with Crippen molar-refractivity contribution in [1.29, 1.82) is 0 Å². The summed E-state index contributed by atoms with van der Waals surface area (Å²) < 4.78 is 5.13. The highest BCUT2D eigenvalue weighted by atomic mass is 28.3. The first-order valence-corrected chi connectivity index (χ1v) is 9.89. The van der Waals surface area contributed by atoms with Crippen molar-refractivity contribution < 1.29 is 19.4 Å². The quantitative estimate of drug-likeness (QED) is 0.393. The molecule has 0 saturated heterocycles. The average molecular weight is 260 g/mol. The summed E-state index contributed by atoms with van der Waals surface area (Å²) in [6.45, 7) is 7.26. The fourth-order valence-corrected chi connectivity index (χ4v) is 1.98. The molecule has 0 aromatic heterocycles. The maximum Gasteiger partial charge on any atom is 0.305 e. The van der Waals surface area contributed by atoms with Crippen LogP contribution in [0.4, 0.5) is 0 Å². The highest BCUT2D eigenvalue weighted by molar-refractivity contribution is 6.76. The van der Waals surface area contributed by atoms with Crippen LogP contribution in [0.5, 0.6) is 0 Å². The number of carboxylic acid groups (broad SMARTS) is 1. The summed E-state index contributed by atoms with van der Waals surface area (Å²) in [4.78, 5) is 21.5. The molecule has 0 spiro atoms. The van der Waals surface area contributed by atoms with Crippen LogP contribution in [-0.4, -0.2) is 31.7 Å². The topological polar surface area (TPSA) is 63.6 Å². The van der Waals surface area contributed by atoms with Crippen LogP contribution in [0.15, 0.2) is 0 Å². The van der Waals surface area contributed by atoms with E-state index in [1.807, 2.05) is 0 Å². The average Bonchev–Trinajstić information content (AvgIpc) is 2.14. The number of aliphatic carboxylic acids is 1. The zero-order valence-corrected chi connectivity index (χ0v) is 12.1. The van der Waals surface area contributed by atoms with Gasteiger partial charge in [-0.25, -0.2) is 0 Å². The molecular formula is C12H24O4Si. The molecule has 0 atom stereocenters. The van der Waals surface area contributed by atoms with E-state index in [-0.39, 0.29) is 12.4 Å². The van der Waals surface area contributed by atoms with Gasteiger partial charge in [-0.3, -0.25) is 9.59 Å². The normalized spacial score (nSPS) is 11.2. The Morgan fingerprint density at radius 2 is 1.65 bits per heavy atom. The molecule has 0 radical (unpaired) electrons. The maximum absolute atomic E-state index is 11.3. The third kappa shape index (κ3) is 13.1. The molecule has 100 valence electrons.